The second kappa shape index (κ2) is 9.21. The fourth-order valence-electron chi connectivity index (χ4n) is 3.81. The Morgan fingerprint density at radius 1 is 1.09 bits per heavy atom. The van der Waals surface area contributed by atoms with Crippen molar-refractivity contribution < 1.29 is 14.3 Å². The second-order valence-corrected chi connectivity index (χ2v) is 9.49. The lowest BCUT2D eigenvalue weighted by molar-refractivity contribution is -0.114. The summed E-state index contributed by atoms with van der Waals surface area (Å²) in [7, 11) is 1.60. The van der Waals surface area contributed by atoms with E-state index in [4.69, 9.17) is 14.9 Å². The predicted octanol–water partition coefficient (Wildman–Crippen LogP) is 6.30. The van der Waals surface area contributed by atoms with Gasteiger partial charge in [-0.15, -0.1) is 11.3 Å². The van der Waals surface area contributed by atoms with Crippen molar-refractivity contribution in [3.8, 4) is 11.5 Å². The van der Waals surface area contributed by atoms with E-state index in [1.165, 1.54) is 28.5 Å². The molecular formula is C26H20N2O3S2. The topological polar surface area (TPSA) is 72.3 Å². The highest BCUT2D eigenvalue weighted by Crippen LogP contribution is 2.41. The van der Waals surface area contributed by atoms with Gasteiger partial charge in [0.25, 0.3) is 0 Å². The number of benzene rings is 3. The van der Waals surface area contributed by atoms with Crippen molar-refractivity contribution >= 4 is 50.8 Å². The first-order valence-corrected chi connectivity index (χ1v) is 12.0. The van der Waals surface area contributed by atoms with Crippen LogP contribution in [-0.2, 0) is 11.4 Å². The van der Waals surface area contributed by atoms with Gasteiger partial charge in [-0.25, -0.2) is 4.98 Å². The van der Waals surface area contributed by atoms with Crippen LogP contribution in [-0.4, -0.2) is 22.9 Å². The highest BCUT2D eigenvalue weighted by molar-refractivity contribution is 8.19. The molecule has 1 saturated heterocycles. The molecule has 5 nitrogen and oxygen atoms in total. The van der Waals surface area contributed by atoms with E-state index in [2.05, 4.69) is 29.2 Å². The Labute approximate surface area is 199 Å². The monoisotopic (exact) mass is 472 g/mol. The summed E-state index contributed by atoms with van der Waals surface area (Å²) in [5.74, 6) is 0.541. The summed E-state index contributed by atoms with van der Waals surface area (Å²) in [4.78, 5) is 17.6. The zero-order chi connectivity index (χ0) is 22.8. The molecule has 4 aromatic rings. The fraction of sp³-hybridized carbons (Fsp3) is 0.115. The Morgan fingerprint density at radius 3 is 2.76 bits per heavy atom. The molecule has 1 N–H and O–H groups in total. The first-order valence-electron chi connectivity index (χ1n) is 10.3. The standard InChI is InChI=1S/C26H20N2O3S2/c1-30-21-13-16(14-22-24(29)23(25(27)33-22)26-28-11-12-32-26)9-10-20(21)31-15-18-7-4-6-17-5-2-3-8-19(17)18/h2-14,23,27H,15H2,1H3/b22-14-,27-25?/t23-/m0/s1. The Balaban J connectivity index is 1.36. The minimum atomic E-state index is -0.591. The maximum absolute atomic E-state index is 12.9. The van der Waals surface area contributed by atoms with Crippen LogP contribution in [0.1, 0.15) is 22.1 Å². The molecule has 0 unspecified atom stereocenters. The van der Waals surface area contributed by atoms with Gasteiger partial charge >= 0.3 is 0 Å². The molecule has 0 saturated carbocycles. The van der Waals surface area contributed by atoms with Gasteiger partial charge in [0.2, 0.25) is 0 Å². The van der Waals surface area contributed by atoms with Crippen molar-refractivity contribution in [3.63, 3.8) is 0 Å². The molecule has 1 atom stereocenters. The molecule has 0 spiro atoms. The van der Waals surface area contributed by atoms with Gasteiger partial charge in [-0.2, -0.15) is 0 Å². The largest absolute Gasteiger partial charge is 0.493 e. The van der Waals surface area contributed by atoms with E-state index in [-0.39, 0.29) is 5.78 Å². The van der Waals surface area contributed by atoms with Gasteiger partial charge in [-0.05, 0) is 40.1 Å². The van der Waals surface area contributed by atoms with Crippen LogP contribution >= 0.6 is 23.1 Å². The Hall–Kier alpha value is -3.42. The van der Waals surface area contributed by atoms with Gasteiger partial charge in [0.05, 0.1) is 17.1 Å². The number of carbonyl (C=O) groups is 1. The summed E-state index contributed by atoms with van der Waals surface area (Å²) in [5.41, 5.74) is 1.91. The summed E-state index contributed by atoms with van der Waals surface area (Å²) < 4.78 is 11.7. The van der Waals surface area contributed by atoms with E-state index < -0.39 is 5.92 Å². The normalized spacial score (nSPS) is 17.1. The number of hydrogen-bond donors (Lipinski definition) is 1. The molecule has 7 heteroatoms. The molecule has 1 aliphatic heterocycles. The van der Waals surface area contributed by atoms with Gasteiger partial charge in [0.15, 0.2) is 17.3 Å². The van der Waals surface area contributed by atoms with Crippen LogP contribution in [0.5, 0.6) is 11.5 Å². The van der Waals surface area contributed by atoms with Crippen molar-refractivity contribution in [2.45, 2.75) is 12.5 Å². The molecule has 1 aromatic heterocycles. The fourth-order valence-corrected chi connectivity index (χ4v) is 5.61. The van der Waals surface area contributed by atoms with E-state index in [0.29, 0.717) is 33.1 Å². The van der Waals surface area contributed by atoms with Gasteiger partial charge in [0, 0.05) is 11.6 Å². The number of carbonyl (C=O) groups excluding carboxylic acids is 1. The zero-order valence-corrected chi connectivity index (χ0v) is 19.4. The molecular weight excluding hydrogens is 452 g/mol. The van der Waals surface area contributed by atoms with Gasteiger partial charge < -0.3 is 9.47 Å². The molecule has 0 aliphatic carbocycles. The van der Waals surface area contributed by atoms with Crippen LogP contribution in [0.15, 0.2) is 77.1 Å². The number of thiazole rings is 1. The highest BCUT2D eigenvalue weighted by Gasteiger charge is 2.38. The number of Topliss-reactive ketones (excluding diaryl/α,β-unsaturated/α-hetero) is 1. The summed E-state index contributed by atoms with van der Waals surface area (Å²) in [6.07, 6.45) is 3.46. The van der Waals surface area contributed by atoms with Crippen molar-refractivity contribution in [2.75, 3.05) is 7.11 Å². The van der Waals surface area contributed by atoms with Gasteiger partial charge in [-0.3, -0.25) is 10.2 Å². The lowest BCUT2D eigenvalue weighted by atomic mass is 10.0. The molecule has 0 amide bonds. The molecule has 2 heterocycles. The molecule has 0 radical (unpaired) electrons. The quantitative estimate of drug-likeness (QED) is 0.333. The summed E-state index contributed by atoms with van der Waals surface area (Å²) in [6.45, 7) is 0.416. The number of methoxy groups -OCH3 is 1. The van der Waals surface area contributed by atoms with Crippen molar-refractivity contribution in [1.82, 2.24) is 4.98 Å². The number of thioether (sulfide) groups is 1. The average Bonchev–Trinajstić information content (AvgIpc) is 3.45. The third-order valence-corrected chi connectivity index (χ3v) is 7.27. The summed E-state index contributed by atoms with van der Waals surface area (Å²) in [5, 5.41) is 13.4. The van der Waals surface area contributed by atoms with Crippen LogP contribution in [0.2, 0.25) is 0 Å². The summed E-state index contributed by atoms with van der Waals surface area (Å²) >= 11 is 2.59. The molecule has 5 rings (SSSR count). The van der Waals surface area contributed by atoms with Crippen molar-refractivity contribution in [1.29, 1.82) is 5.41 Å². The number of fused-ring (bicyclic) bond motifs is 1. The van der Waals surface area contributed by atoms with Crippen molar-refractivity contribution in [3.05, 3.63) is 93.3 Å². The van der Waals surface area contributed by atoms with E-state index >= 15 is 0 Å². The minimum absolute atomic E-state index is 0.0878. The van der Waals surface area contributed by atoms with Crippen LogP contribution in [0.3, 0.4) is 0 Å². The van der Waals surface area contributed by atoms with Crippen molar-refractivity contribution in [2.24, 2.45) is 0 Å². The maximum Gasteiger partial charge on any atom is 0.186 e. The van der Waals surface area contributed by atoms with Crippen LogP contribution in [0.25, 0.3) is 16.8 Å². The van der Waals surface area contributed by atoms with Gasteiger partial charge in [-0.1, -0.05) is 60.3 Å². The second-order valence-electron chi connectivity index (χ2n) is 7.48. The molecule has 0 bridgehead atoms. The first-order chi connectivity index (χ1) is 16.1. The first kappa shape index (κ1) is 21.4. The molecule has 1 aliphatic rings. The number of nitrogens with zero attached hydrogens (tertiary/aromatic N) is 1. The Bertz CT molecular complexity index is 1370. The van der Waals surface area contributed by atoms with E-state index in [1.807, 2.05) is 41.8 Å². The number of hydrogen-bond acceptors (Lipinski definition) is 7. The molecule has 1 fully saturated rings. The van der Waals surface area contributed by atoms with E-state index in [0.717, 1.165) is 16.5 Å². The third-order valence-electron chi connectivity index (χ3n) is 5.43. The molecule has 164 valence electrons. The number of ketones is 1. The Morgan fingerprint density at radius 2 is 1.94 bits per heavy atom. The summed E-state index contributed by atoms with van der Waals surface area (Å²) in [6, 6.07) is 20.0. The van der Waals surface area contributed by atoms with Gasteiger partial charge in [0.1, 0.15) is 17.5 Å². The predicted molar refractivity (Wildman–Crippen MR) is 134 cm³/mol. The SMILES string of the molecule is COc1cc(/C=C2\SC(=N)[C@@H](c3nccs3)C2=O)ccc1OCc1cccc2ccccc12. The Kier molecular flexibility index (Phi) is 5.98. The van der Waals surface area contributed by atoms with E-state index in [1.54, 1.807) is 19.4 Å². The number of nitrogens with one attached hydrogen (secondary N) is 1. The number of ether oxygens (including phenoxy) is 2. The lowest BCUT2D eigenvalue weighted by Crippen LogP contribution is -2.11. The van der Waals surface area contributed by atoms with Crippen LogP contribution < -0.4 is 9.47 Å². The number of aromatic nitrogens is 1. The van der Waals surface area contributed by atoms with Crippen LogP contribution in [0.4, 0.5) is 0 Å². The lowest BCUT2D eigenvalue weighted by Gasteiger charge is -2.13. The smallest absolute Gasteiger partial charge is 0.186 e. The van der Waals surface area contributed by atoms with E-state index in [9.17, 15) is 4.79 Å². The maximum atomic E-state index is 12.9. The molecule has 3 aromatic carbocycles. The third kappa shape index (κ3) is 4.29. The number of allylic oxidation sites excluding steroid dienone is 1. The molecule has 33 heavy (non-hydrogen) atoms. The zero-order valence-electron chi connectivity index (χ0n) is 17.8. The van der Waals surface area contributed by atoms with Crippen LogP contribution in [0, 0.1) is 5.41 Å². The minimum Gasteiger partial charge on any atom is -0.493 e. The number of rotatable bonds is 6. The highest BCUT2D eigenvalue weighted by atomic mass is 32.2. The average molecular weight is 473 g/mol.